The van der Waals surface area contributed by atoms with Crippen LogP contribution in [0.3, 0.4) is 0 Å². The van der Waals surface area contributed by atoms with Crippen molar-refractivity contribution < 1.29 is 9.47 Å². The van der Waals surface area contributed by atoms with Gasteiger partial charge in [0.05, 0.1) is 18.7 Å². The zero-order valence-electron chi connectivity index (χ0n) is 17.1. The van der Waals surface area contributed by atoms with E-state index in [1.54, 1.807) is 18.4 Å². The van der Waals surface area contributed by atoms with Crippen molar-refractivity contribution in [3.05, 3.63) is 40.3 Å². The number of benzene rings is 1. The number of aryl methyl sites for hydroxylation is 1. The van der Waals surface area contributed by atoms with E-state index in [-0.39, 0.29) is 24.0 Å². The molecule has 0 aliphatic carbocycles. The lowest BCUT2D eigenvalue weighted by Gasteiger charge is -2.22. The number of nitrogens with one attached hydrogen (secondary N) is 1. The van der Waals surface area contributed by atoms with Gasteiger partial charge in [0, 0.05) is 37.6 Å². The molecule has 0 aliphatic heterocycles. The Balaban J connectivity index is 0.00000392. The van der Waals surface area contributed by atoms with Crippen molar-refractivity contribution in [1.29, 1.82) is 0 Å². The molecule has 0 aliphatic rings. The Morgan fingerprint density at radius 2 is 1.93 bits per heavy atom. The monoisotopic (exact) mass is 518 g/mol. The van der Waals surface area contributed by atoms with Crippen molar-refractivity contribution in [2.45, 2.75) is 26.7 Å². The van der Waals surface area contributed by atoms with Crippen LogP contribution < -0.4 is 14.8 Å². The highest BCUT2D eigenvalue weighted by Gasteiger charge is 2.07. The van der Waals surface area contributed by atoms with Gasteiger partial charge in [-0.2, -0.15) is 0 Å². The Morgan fingerprint density at radius 3 is 2.54 bits per heavy atom. The fraction of sp³-hybridized carbons (Fsp3) is 0.500. The highest BCUT2D eigenvalue weighted by molar-refractivity contribution is 14.0. The molecule has 28 heavy (non-hydrogen) atoms. The second-order valence-corrected chi connectivity index (χ2v) is 7.20. The maximum absolute atomic E-state index is 5.81. The summed E-state index contributed by atoms with van der Waals surface area (Å²) >= 11 is 1.78. The molecule has 156 valence electrons. The van der Waals surface area contributed by atoms with Crippen molar-refractivity contribution in [3.8, 4) is 11.5 Å². The predicted octanol–water partition coefficient (Wildman–Crippen LogP) is 3.85. The number of ether oxygens (including phenoxy) is 2. The van der Waals surface area contributed by atoms with E-state index in [4.69, 9.17) is 14.5 Å². The van der Waals surface area contributed by atoms with Gasteiger partial charge >= 0.3 is 0 Å². The van der Waals surface area contributed by atoms with Crippen molar-refractivity contribution >= 4 is 41.3 Å². The minimum Gasteiger partial charge on any atom is -0.497 e. The summed E-state index contributed by atoms with van der Waals surface area (Å²) in [4.78, 5) is 12.6. The van der Waals surface area contributed by atoms with Crippen LogP contribution >= 0.6 is 35.3 Å². The van der Waals surface area contributed by atoms with Crippen LogP contribution in [0.5, 0.6) is 11.5 Å². The van der Waals surface area contributed by atoms with Crippen LogP contribution in [0.2, 0.25) is 0 Å². The Labute approximate surface area is 189 Å². The summed E-state index contributed by atoms with van der Waals surface area (Å²) in [5, 5.41) is 4.49. The molecule has 0 unspecified atom stereocenters. The molecule has 1 aromatic heterocycles. The Morgan fingerprint density at radius 1 is 1.21 bits per heavy atom. The van der Waals surface area contributed by atoms with Crippen LogP contribution in [-0.2, 0) is 12.8 Å². The van der Waals surface area contributed by atoms with E-state index in [9.17, 15) is 0 Å². The van der Waals surface area contributed by atoms with Gasteiger partial charge in [-0.15, -0.1) is 35.3 Å². The number of hydrogen-bond donors (Lipinski definition) is 1. The number of rotatable bonds is 10. The average molecular weight is 518 g/mol. The minimum absolute atomic E-state index is 0. The Hall–Kier alpha value is -1.55. The normalized spacial score (nSPS) is 10.9. The van der Waals surface area contributed by atoms with E-state index in [2.05, 4.69) is 29.0 Å². The van der Waals surface area contributed by atoms with Gasteiger partial charge in [-0.1, -0.05) is 6.92 Å². The molecule has 0 saturated heterocycles. The summed E-state index contributed by atoms with van der Waals surface area (Å²) in [5.74, 6) is 2.55. The van der Waals surface area contributed by atoms with Crippen LogP contribution in [0.15, 0.2) is 35.5 Å². The van der Waals surface area contributed by atoms with Crippen molar-refractivity contribution in [2.24, 2.45) is 4.99 Å². The number of halogens is 1. The second kappa shape index (κ2) is 13.6. The fourth-order valence-electron chi connectivity index (χ4n) is 2.43. The number of nitrogens with zero attached hydrogens (tertiary/aromatic N) is 3. The number of likely N-dealkylation sites (N-methyl/N-ethyl adjacent to an activating group) is 1. The highest BCUT2D eigenvalue weighted by atomic mass is 127. The highest BCUT2D eigenvalue weighted by Crippen LogP contribution is 2.17. The van der Waals surface area contributed by atoms with Crippen LogP contribution in [0, 0.1) is 0 Å². The molecule has 1 heterocycles. The van der Waals surface area contributed by atoms with E-state index < -0.39 is 0 Å². The number of hydrogen-bond acceptors (Lipinski definition) is 5. The molecule has 0 radical (unpaired) electrons. The second-order valence-electron chi connectivity index (χ2n) is 6.01. The minimum atomic E-state index is 0. The largest absolute Gasteiger partial charge is 0.497 e. The first-order chi connectivity index (χ1) is 13.2. The van der Waals surface area contributed by atoms with E-state index in [1.807, 2.05) is 37.5 Å². The topological polar surface area (TPSA) is 59.0 Å². The summed E-state index contributed by atoms with van der Waals surface area (Å²) in [7, 11) is 3.68. The molecule has 2 rings (SSSR count). The maximum Gasteiger partial charge on any atom is 0.193 e. The molecule has 8 heteroatoms. The first-order valence-electron chi connectivity index (χ1n) is 9.36. The lowest BCUT2D eigenvalue weighted by atomic mass is 10.3. The first-order valence-corrected chi connectivity index (χ1v) is 10.2. The molecular formula is C20H31IN4O2S. The van der Waals surface area contributed by atoms with Gasteiger partial charge in [-0.05, 0) is 37.6 Å². The summed E-state index contributed by atoms with van der Waals surface area (Å²) in [6.45, 7) is 7.12. The summed E-state index contributed by atoms with van der Waals surface area (Å²) in [5.41, 5.74) is 0. The third kappa shape index (κ3) is 8.22. The SMILES string of the molecule is CCNC(=NCCc1ncc(CC)s1)N(C)CCOc1ccc(OC)cc1.I. The van der Waals surface area contributed by atoms with Gasteiger partial charge in [0.25, 0.3) is 0 Å². The molecule has 1 N–H and O–H groups in total. The summed E-state index contributed by atoms with van der Waals surface area (Å²) in [6, 6.07) is 7.62. The van der Waals surface area contributed by atoms with E-state index in [1.165, 1.54) is 4.88 Å². The quantitative estimate of drug-likeness (QED) is 0.294. The fourth-order valence-corrected chi connectivity index (χ4v) is 3.28. The van der Waals surface area contributed by atoms with E-state index in [0.717, 1.165) is 54.9 Å². The van der Waals surface area contributed by atoms with Gasteiger partial charge < -0.3 is 19.7 Å². The molecule has 0 saturated carbocycles. The zero-order chi connectivity index (χ0) is 19.5. The molecule has 2 aromatic rings. The van der Waals surface area contributed by atoms with Crippen LogP contribution in [-0.4, -0.2) is 56.2 Å². The van der Waals surface area contributed by atoms with Crippen LogP contribution in [0.4, 0.5) is 0 Å². The van der Waals surface area contributed by atoms with Crippen molar-refractivity contribution in [3.63, 3.8) is 0 Å². The summed E-state index contributed by atoms with van der Waals surface area (Å²) in [6.07, 6.45) is 3.88. The van der Waals surface area contributed by atoms with Crippen molar-refractivity contribution in [2.75, 3.05) is 40.4 Å². The van der Waals surface area contributed by atoms with Gasteiger partial charge in [0.2, 0.25) is 0 Å². The number of guanidine groups is 1. The van der Waals surface area contributed by atoms with E-state index in [0.29, 0.717) is 6.61 Å². The van der Waals surface area contributed by atoms with E-state index >= 15 is 0 Å². The number of aromatic nitrogens is 1. The van der Waals surface area contributed by atoms with Crippen LogP contribution in [0.25, 0.3) is 0 Å². The smallest absolute Gasteiger partial charge is 0.193 e. The third-order valence-corrected chi connectivity index (χ3v) is 5.19. The van der Waals surface area contributed by atoms with Gasteiger partial charge in [0.1, 0.15) is 18.1 Å². The molecule has 0 spiro atoms. The Kier molecular flexibility index (Phi) is 11.9. The Bertz CT molecular complexity index is 706. The van der Waals surface area contributed by atoms with Gasteiger partial charge in [0.15, 0.2) is 5.96 Å². The number of thiazole rings is 1. The average Bonchev–Trinajstić information content (AvgIpc) is 3.16. The van der Waals surface area contributed by atoms with Gasteiger partial charge in [-0.25, -0.2) is 4.98 Å². The molecule has 0 bridgehead atoms. The lowest BCUT2D eigenvalue weighted by Crippen LogP contribution is -2.41. The molecule has 0 atom stereocenters. The molecule has 0 amide bonds. The third-order valence-electron chi connectivity index (χ3n) is 3.99. The lowest BCUT2D eigenvalue weighted by molar-refractivity contribution is 0.281. The number of methoxy groups -OCH3 is 1. The molecule has 6 nitrogen and oxygen atoms in total. The predicted molar refractivity (Wildman–Crippen MR) is 128 cm³/mol. The van der Waals surface area contributed by atoms with Crippen molar-refractivity contribution in [1.82, 2.24) is 15.2 Å². The van der Waals surface area contributed by atoms with Gasteiger partial charge in [-0.3, -0.25) is 4.99 Å². The molecule has 1 aromatic carbocycles. The standard InChI is InChI=1S/C20H30N4O2S.HI/c1-5-18-15-23-19(27-18)11-12-22-20(21-6-2)24(3)13-14-26-17-9-7-16(25-4)8-10-17;/h7-10,15H,5-6,11-14H2,1-4H3,(H,21,22);1H. The summed E-state index contributed by atoms with van der Waals surface area (Å²) < 4.78 is 11.0. The zero-order valence-corrected chi connectivity index (χ0v) is 20.3. The number of aliphatic imine (C=N–C) groups is 1. The molecule has 0 fully saturated rings. The van der Waals surface area contributed by atoms with Crippen LogP contribution in [0.1, 0.15) is 23.7 Å². The maximum atomic E-state index is 5.81. The first kappa shape index (κ1) is 24.5. The molecular weight excluding hydrogens is 487 g/mol.